The Kier molecular flexibility index (Phi) is 4.59. The third-order valence-electron chi connectivity index (χ3n) is 3.36. The minimum Gasteiger partial charge on any atom is -0.352 e. The van der Waals surface area contributed by atoms with Gasteiger partial charge in [0.25, 0.3) is 5.91 Å². The van der Waals surface area contributed by atoms with E-state index in [1.54, 1.807) is 0 Å². The number of carbonyl (C=O) groups excluding carboxylic acids is 1. The Balaban J connectivity index is 1.91. The highest BCUT2D eigenvalue weighted by Gasteiger charge is 2.12. The van der Waals surface area contributed by atoms with Gasteiger partial charge in [-0.1, -0.05) is 34.1 Å². The molecule has 0 aliphatic heterocycles. The molecule has 0 saturated carbocycles. The van der Waals surface area contributed by atoms with Gasteiger partial charge in [0.05, 0.1) is 0 Å². The summed E-state index contributed by atoms with van der Waals surface area (Å²) in [6, 6.07) is 5.71. The molecular formula is C15H18BrNO. The largest absolute Gasteiger partial charge is 0.352 e. The second kappa shape index (κ2) is 6.19. The Morgan fingerprint density at radius 1 is 1.44 bits per heavy atom. The zero-order valence-electron chi connectivity index (χ0n) is 10.6. The lowest BCUT2D eigenvalue weighted by molar-refractivity contribution is 0.0946. The second-order valence-corrected chi connectivity index (χ2v) is 5.68. The molecule has 96 valence electrons. The minimum atomic E-state index is 0.0188. The van der Waals surface area contributed by atoms with Crippen LogP contribution in [-0.2, 0) is 0 Å². The van der Waals surface area contributed by atoms with Crippen LogP contribution in [0.4, 0.5) is 0 Å². The Hall–Kier alpha value is -1.09. The molecule has 0 bridgehead atoms. The van der Waals surface area contributed by atoms with Crippen LogP contribution in [0.1, 0.15) is 35.2 Å². The molecule has 1 unspecified atom stereocenters. The molecule has 0 spiro atoms. The van der Waals surface area contributed by atoms with Crippen molar-refractivity contribution in [2.45, 2.75) is 26.2 Å². The molecule has 3 heteroatoms. The number of rotatable bonds is 3. The monoisotopic (exact) mass is 307 g/mol. The number of allylic oxidation sites excluding steroid dienone is 2. The number of halogens is 1. The van der Waals surface area contributed by atoms with E-state index < -0.39 is 0 Å². The molecular weight excluding hydrogens is 290 g/mol. The predicted octanol–water partition coefficient (Wildman–Crippen LogP) is 3.84. The molecule has 1 N–H and O–H groups in total. The van der Waals surface area contributed by atoms with Crippen LogP contribution in [0.3, 0.4) is 0 Å². The van der Waals surface area contributed by atoms with Crippen molar-refractivity contribution in [1.29, 1.82) is 0 Å². The highest BCUT2D eigenvalue weighted by molar-refractivity contribution is 9.10. The molecule has 2 nitrogen and oxygen atoms in total. The van der Waals surface area contributed by atoms with Crippen LogP contribution in [0, 0.1) is 12.8 Å². The van der Waals surface area contributed by atoms with E-state index in [0.29, 0.717) is 5.92 Å². The Labute approximate surface area is 117 Å². The molecule has 1 aromatic carbocycles. The van der Waals surface area contributed by atoms with E-state index >= 15 is 0 Å². The van der Waals surface area contributed by atoms with Gasteiger partial charge in [-0.05, 0) is 49.8 Å². The smallest absolute Gasteiger partial charge is 0.251 e. The third kappa shape index (κ3) is 3.45. The van der Waals surface area contributed by atoms with Gasteiger partial charge in [0.1, 0.15) is 0 Å². The summed E-state index contributed by atoms with van der Waals surface area (Å²) in [5.74, 6) is 0.609. The first-order valence-corrected chi connectivity index (χ1v) is 7.15. The first kappa shape index (κ1) is 13.3. The first-order valence-electron chi connectivity index (χ1n) is 6.36. The van der Waals surface area contributed by atoms with E-state index in [2.05, 4.69) is 33.4 Å². The SMILES string of the molecule is Cc1ccc(C(=O)NCC2CC=CCC2)cc1Br. The molecule has 1 amide bonds. The van der Waals surface area contributed by atoms with Crippen LogP contribution in [0.25, 0.3) is 0 Å². The fourth-order valence-corrected chi connectivity index (χ4v) is 2.49. The molecule has 1 aliphatic rings. The molecule has 0 heterocycles. The van der Waals surface area contributed by atoms with E-state index in [1.165, 1.54) is 6.42 Å². The number of nitrogens with one attached hydrogen (secondary N) is 1. The van der Waals surface area contributed by atoms with Crippen LogP contribution in [-0.4, -0.2) is 12.5 Å². The maximum absolute atomic E-state index is 12.0. The zero-order valence-corrected chi connectivity index (χ0v) is 12.2. The van der Waals surface area contributed by atoms with Crippen molar-refractivity contribution < 1.29 is 4.79 Å². The van der Waals surface area contributed by atoms with Gasteiger partial charge in [0.2, 0.25) is 0 Å². The lowest BCUT2D eigenvalue weighted by atomic mass is 9.94. The van der Waals surface area contributed by atoms with Gasteiger partial charge in [-0.3, -0.25) is 4.79 Å². The summed E-state index contributed by atoms with van der Waals surface area (Å²) in [4.78, 5) is 12.0. The summed E-state index contributed by atoms with van der Waals surface area (Å²) < 4.78 is 0.982. The second-order valence-electron chi connectivity index (χ2n) is 4.82. The van der Waals surface area contributed by atoms with E-state index in [-0.39, 0.29) is 5.91 Å². The molecule has 0 fully saturated rings. The third-order valence-corrected chi connectivity index (χ3v) is 4.22. The summed E-state index contributed by atoms with van der Waals surface area (Å²) in [7, 11) is 0. The molecule has 0 radical (unpaired) electrons. The van der Waals surface area contributed by atoms with Crippen molar-refractivity contribution in [3.63, 3.8) is 0 Å². The molecule has 0 saturated heterocycles. The zero-order chi connectivity index (χ0) is 13.0. The molecule has 18 heavy (non-hydrogen) atoms. The maximum atomic E-state index is 12.0. The van der Waals surface area contributed by atoms with Gasteiger partial charge >= 0.3 is 0 Å². The summed E-state index contributed by atoms with van der Waals surface area (Å²) >= 11 is 3.45. The maximum Gasteiger partial charge on any atom is 0.251 e. The van der Waals surface area contributed by atoms with Crippen molar-refractivity contribution in [2.75, 3.05) is 6.54 Å². The summed E-state index contributed by atoms with van der Waals surface area (Å²) in [6.07, 6.45) is 7.82. The quantitative estimate of drug-likeness (QED) is 0.845. The molecule has 1 atom stereocenters. The number of hydrogen-bond donors (Lipinski definition) is 1. The number of hydrogen-bond acceptors (Lipinski definition) is 1. The fourth-order valence-electron chi connectivity index (χ4n) is 2.11. The van der Waals surface area contributed by atoms with Gasteiger partial charge in [-0.25, -0.2) is 0 Å². The Morgan fingerprint density at radius 2 is 2.28 bits per heavy atom. The predicted molar refractivity (Wildman–Crippen MR) is 77.7 cm³/mol. The van der Waals surface area contributed by atoms with Gasteiger partial charge in [0.15, 0.2) is 0 Å². The van der Waals surface area contributed by atoms with Crippen LogP contribution >= 0.6 is 15.9 Å². The van der Waals surface area contributed by atoms with Crippen LogP contribution < -0.4 is 5.32 Å². The van der Waals surface area contributed by atoms with Gasteiger partial charge in [0, 0.05) is 16.6 Å². The molecule has 0 aromatic heterocycles. The average molecular weight is 308 g/mol. The summed E-state index contributed by atoms with van der Waals surface area (Å²) in [6.45, 7) is 2.79. The fraction of sp³-hybridized carbons (Fsp3) is 0.400. The number of benzene rings is 1. The van der Waals surface area contributed by atoms with Crippen LogP contribution in [0.5, 0.6) is 0 Å². The van der Waals surface area contributed by atoms with Crippen molar-refractivity contribution in [1.82, 2.24) is 5.32 Å². The summed E-state index contributed by atoms with van der Waals surface area (Å²) in [5, 5.41) is 3.02. The first-order chi connectivity index (χ1) is 8.66. The van der Waals surface area contributed by atoms with E-state index in [0.717, 1.165) is 35.0 Å². The molecule has 1 aliphatic carbocycles. The lowest BCUT2D eigenvalue weighted by Crippen LogP contribution is -2.29. The summed E-state index contributed by atoms with van der Waals surface area (Å²) in [5.41, 5.74) is 1.86. The van der Waals surface area contributed by atoms with E-state index in [4.69, 9.17) is 0 Å². The van der Waals surface area contributed by atoms with Crippen molar-refractivity contribution in [2.24, 2.45) is 5.92 Å². The topological polar surface area (TPSA) is 29.1 Å². The van der Waals surface area contributed by atoms with Crippen molar-refractivity contribution in [3.8, 4) is 0 Å². The van der Waals surface area contributed by atoms with Crippen molar-refractivity contribution in [3.05, 3.63) is 46.0 Å². The average Bonchev–Trinajstić information content (AvgIpc) is 2.40. The molecule has 1 aromatic rings. The highest BCUT2D eigenvalue weighted by Crippen LogP contribution is 2.19. The minimum absolute atomic E-state index is 0.0188. The lowest BCUT2D eigenvalue weighted by Gasteiger charge is -2.18. The normalized spacial score (nSPS) is 18.7. The van der Waals surface area contributed by atoms with Gasteiger partial charge in [-0.2, -0.15) is 0 Å². The van der Waals surface area contributed by atoms with Crippen LogP contribution in [0.2, 0.25) is 0 Å². The van der Waals surface area contributed by atoms with Crippen molar-refractivity contribution >= 4 is 21.8 Å². The number of carbonyl (C=O) groups is 1. The van der Waals surface area contributed by atoms with Gasteiger partial charge < -0.3 is 5.32 Å². The highest BCUT2D eigenvalue weighted by atomic mass is 79.9. The van der Waals surface area contributed by atoms with Gasteiger partial charge in [-0.15, -0.1) is 0 Å². The van der Waals surface area contributed by atoms with Crippen LogP contribution in [0.15, 0.2) is 34.8 Å². The Morgan fingerprint density at radius 3 is 2.94 bits per heavy atom. The number of amides is 1. The standard InChI is InChI=1S/C15H18BrNO/c1-11-7-8-13(9-14(11)16)15(18)17-10-12-5-3-2-4-6-12/h2-3,7-9,12H,4-6,10H2,1H3,(H,17,18). The number of aryl methyl sites for hydroxylation is 1. The Bertz CT molecular complexity index is 468. The molecule has 2 rings (SSSR count). The van der Waals surface area contributed by atoms with E-state index in [1.807, 2.05) is 25.1 Å². The van der Waals surface area contributed by atoms with E-state index in [9.17, 15) is 4.79 Å².